The van der Waals surface area contributed by atoms with Crippen molar-refractivity contribution in [1.82, 2.24) is 24.7 Å². The summed E-state index contributed by atoms with van der Waals surface area (Å²) < 4.78 is 7.90. The molecule has 1 aliphatic rings. The Labute approximate surface area is 192 Å². The first kappa shape index (κ1) is 19.9. The number of rotatable bonds is 4. The molecule has 0 atom stereocenters. The van der Waals surface area contributed by atoms with Crippen LogP contribution in [0.5, 0.6) is 0 Å². The average Bonchev–Trinajstić information content (AvgIpc) is 3.42. The van der Waals surface area contributed by atoms with E-state index in [4.69, 9.17) is 9.72 Å². The number of fused-ring (bicyclic) bond motifs is 2. The van der Waals surface area contributed by atoms with Gasteiger partial charge < -0.3 is 19.2 Å². The molecule has 33 heavy (non-hydrogen) atoms. The maximum atomic E-state index is 5.59. The largest absolute Gasteiger partial charge is 0.378 e. The summed E-state index contributed by atoms with van der Waals surface area (Å²) in [4.78, 5) is 10.7. The van der Waals surface area contributed by atoms with Crippen molar-refractivity contribution in [1.29, 1.82) is 0 Å². The number of aromatic nitrogens is 5. The van der Waals surface area contributed by atoms with Crippen LogP contribution >= 0.6 is 0 Å². The Bertz CT molecular complexity index is 1460. The number of anilines is 1. The number of aryl methyl sites for hydroxylation is 2. The Balaban J connectivity index is 1.54. The number of nitrogens with one attached hydrogen (secondary N) is 1. The molecule has 0 amide bonds. The van der Waals surface area contributed by atoms with Crippen LogP contribution in [-0.4, -0.2) is 51.0 Å². The second kappa shape index (κ2) is 8.01. The fourth-order valence-corrected chi connectivity index (χ4v) is 4.78. The molecule has 3 heterocycles. The van der Waals surface area contributed by atoms with Gasteiger partial charge in [-0.3, -0.25) is 0 Å². The van der Waals surface area contributed by atoms with Gasteiger partial charge in [-0.1, -0.05) is 42.5 Å². The van der Waals surface area contributed by atoms with Crippen LogP contribution in [-0.2, 0) is 11.3 Å². The number of imidazole rings is 1. The van der Waals surface area contributed by atoms with E-state index in [0.29, 0.717) is 0 Å². The van der Waals surface area contributed by atoms with E-state index in [1.165, 1.54) is 16.3 Å². The lowest BCUT2D eigenvalue weighted by atomic mass is 10.0. The summed E-state index contributed by atoms with van der Waals surface area (Å²) in [6.07, 6.45) is 0. The zero-order chi connectivity index (χ0) is 22.4. The van der Waals surface area contributed by atoms with Gasteiger partial charge in [-0.05, 0) is 42.3 Å². The number of morpholine rings is 1. The van der Waals surface area contributed by atoms with Crippen molar-refractivity contribution in [2.45, 2.75) is 20.4 Å². The molecule has 0 unspecified atom stereocenters. The zero-order valence-corrected chi connectivity index (χ0v) is 18.9. The minimum atomic E-state index is 0.739. The molecule has 1 saturated heterocycles. The Morgan fingerprint density at radius 3 is 2.61 bits per heavy atom. The fourth-order valence-electron chi connectivity index (χ4n) is 4.78. The van der Waals surface area contributed by atoms with Crippen LogP contribution in [0.1, 0.15) is 17.2 Å². The summed E-state index contributed by atoms with van der Waals surface area (Å²) in [5, 5.41) is 11.1. The molecule has 0 saturated carbocycles. The highest BCUT2D eigenvalue weighted by Gasteiger charge is 2.20. The van der Waals surface area contributed by atoms with Gasteiger partial charge in [0.05, 0.1) is 24.2 Å². The summed E-state index contributed by atoms with van der Waals surface area (Å²) in [6, 6.07) is 19.5. The second-order valence-electron chi connectivity index (χ2n) is 8.60. The predicted molar refractivity (Wildman–Crippen MR) is 131 cm³/mol. The lowest BCUT2D eigenvalue weighted by Crippen LogP contribution is -2.36. The van der Waals surface area contributed by atoms with Gasteiger partial charge in [0.25, 0.3) is 0 Å². The number of nitrogens with zero attached hydrogens (tertiary/aromatic N) is 5. The fraction of sp³-hybridized carbons (Fsp3) is 0.269. The summed E-state index contributed by atoms with van der Waals surface area (Å²) in [5.41, 5.74) is 5.47. The molecule has 166 valence electrons. The van der Waals surface area contributed by atoms with Crippen molar-refractivity contribution in [3.63, 3.8) is 0 Å². The molecule has 3 aromatic carbocycles. The number of H-pyrrole nitrogens is 1. The Morgan fingerprint density at radius 1 is 0.970 bits per heavy atom. The molecule has 1 N–H and O–H groups in total. The maximum Gasteiger partial charge on any atom is 0.163 e. The standard InChI is InChI=1S/C26H26N6O/c1-17-27-26(30-29-17)23-14-21(31-10-12-33-13-11-31)15-24-25(23)28-18(2)32(24)16-20-8-5-7-19-6-3-4-9-22(19)20/h3-9,14-15H,10-13,16H2,1-2H3,(H,27,29,30). The smallest absolute Gasteiger partial charge is 0.163 e. The highest BCUT2D eigenvalue weighted by Crippen LogP contribution is 2.33. The quantitative estimate of drug-likeness (QED) is 0.448. The van der Waals surface area contributed by atoms with Crippen LogP contribution in [0.4, 0.5) is 5.69 Å². The summed E-state index contributed by atoms with van der Waals surface area (Å²) in [5.74, 6) is 2.53. The third-order valence-electron chi connectivity index (χ3n) is 6.47. The van der Waals surface area contributed by atoms with E-state index in [1.54, 1.807) is 0 Å². The topological polar surface area (TPSA) is 71.9 Å². The van der Waals surface area contributed by atoms with Crippen LogP contribution in [0.15, 0.2) is 54.6 Å². The number of aromatic amines is 1. The highest BCUT2D eigenvalue weighted by molar-refractivity contribution is 5.94. The van der Waals surface area contributed by atoms with E-state index < -0.39 is 0 Å². The Hall–Kier alpha value is -3.71. The van der Waals surface area contributed by atoms with Crippen LogP contribution in [0, 0.1) is 13.8 Å². The number of ether oxygens (including phenoxy) is 1. The van der Waals surface area contributed by atoms with E-state index in [2.05, 4.69) is 86.2 Å². The van der Waals surface area contributed by atoms with E-state index in [9.17, 15) is 0 Å². The van der Waals surface area contributed by atoms with Gasteiger partial charge in [-0.15, -0.1) is 10.2 Å². The number of benzene rings is 3. The van der Waals surface area contributed by atoms with Crippen molar-refractivity contribution in [3.8, 4) is 11.4 Å². The van der Waals surface area contributed by atoms with Crippen molar-refractivity contribution >= 4 is 27.5 Å². The third kappa shape index (κ3) is 3.54. The van der Waals surface area contributed by atoms with Crippen molar-refractivity contribution in [2.75, 3.05) is 31.2 Å². The second-order valence-corrected chi connectivity index (χ2v) is 8.60. The predicted octanol–water partition coefficient (Wildman–Crippen LogP) is 4.48. The van der Waals surface area contributed by atoms with Gasteiger partial charge in [0.2, 0.25) is 0 Å². The lowest BCUT2D eigenvalue weighted by molar-refractivity contribution is 0.122. The number of hydrogen-bond donors (Lipinski definition) is 1. The van der Waals surface area contributed by atoms with Crippen LogP contribution < -0.4 is 4.90 Å². The molecule has 0 bridgehead atoms. The molecule has 2 aromatic heterocycles. The molecule has 0 spiro atoms. The van der Waals surface area contributed by atoms with Crippen LogP contribution in [0.25, 0.3) is 33.2 Å². The van der Waals surface area contributed by atoms with Gasteiger partial charge in [-0.2, -0.15) is 0 Å². The summed E-state index contributed by atoms with van der Waals surface area (Å²) >= 11 is 0. The van der Waals surface area contributed by atoms with Crippen LogP contribution in [0.2, 0.25) is 0 Å². The highest BCUT2D eigenvalue weighted by atomic mass is 16.5. The van der Waals surface area contributed by atoms with E-state index in [-0.39, 0.29) is 0 Å². The minimum absolute atomic E-state index is 0.739. The van der Waals surface area contributed by atoms with Crippen molar-refractivity contribution < 1.29 is 4.74 Å². The molecular weight excluding hydrogens is 412 g/mol. The van der Waals surface area contributed by atoms with E-state index in [1.807, 2.05) is 6.92 Å². The first-order valence-electron chi connectivity index (χ1n) is 11.4. The molecule has 0 radical (unpaired) electrons. The normalized spacial score (nSPS) is 14.4. The zero-order valence-electron chi connectivity index (χ0n) is 18.9. The molecule has 6 rings (SSSR count). The van der Waals surface area contributed by atoms with Gasteiger partial charge in [0, 0.05) is 30.9 Å². The number of hydrogen-bond acceptors (Lipinski definition) is 5. The molecule has 1 aliphatic heterocycles. The third-order valence-corrected chi connectivity index (χ3v) is 6.47. The summed E-state index contributed by atoms with van der Waals surface area (Å²) in [7, 11) is 0. The van der Waals surface area contributed by atoms with Gasteiger partial charge in [0.1, 0.15) is 11.6 Å². The Morgan fingerprint density at radius 2 is 1.79 bits per heavy atom. The van der Waals surface area contributed by atoms with E-state index >= 15 is 0 Å². The molecule has 1 fully saturated rings. The van der Waals surface area contributed by atoms with Gasteiger partial charge in [0.15, 0.2) is 5.82 Å². The SMILES string of the molecule is Cc1nnc(-c2cc(N3CCOCC3)cc3c2nc(C)n3Cc2cccc3ccccc23)[nH]1. The minimum Gasteiger partial charge on any atom is -0.378 e. The van der Waals surface area contributed by atoms with Crippen molar-refractivity contribution in [3.05, 3.63) is 71.8 Å². The molecule has 5 aromatic rings. The van der Waals surface area contributed by atoms with Crippen molar-refractivity contribution in [2.24, 2.45) is 0 Å². The first-order valence-corrected chi connectivity index (χ1v) is 11.4. The van der Waals surface area contributed by atoms with Gasteiger partial charge in [-0.25, -0.2) is 4.98 Å². The monoisotopic (exact) mass is 438 g/mol. The first-order chi connectivity index (χ1) is 16.2. The average molecular weight is 439 g/mol. The molecular formula is C26H26N6O. The van der Waals surface area contributed by atoms with Crippen LogP contribution in [0.3, 0.4) is 0 Å². The van der Waals surface area contributed by atoms with E-state index in [0.717, 1.165) is 72.6 Å². The molecule has 7 heteroatoms. The molecule has 7 nitrogen and oxygen atoms in total. The Kier molecular flexibility index (Phi) is 4.84. The maximum absolute atomic E-state index is 5.59. The lowest BCUT2D eigenvalue weighted by Gasteiger charge is -2.29. The molecule has 0 aliphatic carbocycles. The van der Waals surface area contributed by atoms with Gasteiger partial charge >= 0.3 is 0 Å². The summed E-state index contributed by atoms with van der Waals surface area (Å²) in [6.45, 7) is 7.98.